The number of allylic oxidation sites excluding steroid dienone is 3. The van der Waals surface area contributed by atoms with E-state index in [-0.39, 0.29) is 47.7 Å². The van der Waals surface area contributed by atoms with E-state index in [0.717, 1.165) is 0 Å². The minimum Gasteiger partial charge on any atom is -0.504 e. The first-order valence-corrected chi connectivity index (χ1v) is 10.4. The maximum absolute atomic E-state index is 14.4. The molecule has 0 radical (unpaired) electrons. The van der Waals surface area contributed by atoms with Crippen LogP contribution in [0.25, 0.3) is 0 Å². The average molecular weight is 423 g/mol. The van der Waals surface area contributed by atoms with Gasteiger partial charge in [-0.25, -0.2) is 4.39 Å². The second-order valence-electron chi connectivity index (χ2n) is 7.34. The first-order chi connectivity index (χ1) is 14.3. The number of carbonyl (C=O) groups is 1. The zero-order chi connectivity index (χ0) is 22.8. The van der Waals surface area contributed by atoms with Crippen LogP contribution in [0.15, 0.2) is 36.6 Å². The second kappa shape index (κ2) is 12.4. The molecular formula is C24H35FO5. The Morgan fingerprint density at radius 2 is 1.93 bits per heavy atom. The van der Waals surface area contributed by atoms with Gasteiger partial charge in [-0.05, 0) is 36.3 Å². The Morgan fingerprint density at radius 3 is 2.50 bits per heavy atom. The number of aromatic hydroxyl groups is 1. The minimum atomic E-state index is -0.437. The van der Waals surface area contributed by atoms with Gasteiger partial charge in [0.2, 0.25) is 0 Å². The fourth-order valence-electron chi connectivity index (χ4n) is 3.68. The molecule has 1 aromatic rings. The van der Waals surface area contributed by atoms with Gasteiger partial charge in [0.05, 0.1) is 7.11 Å². The molecule has 5 nitrogen and oxygen atoms in total. The number of ketones is 1. The summed E-state index contributed by atoms with van der Waals surface area (Å²) in [6.07, 6.45) is 4.29. The lowest BCUT2D eigenvalue weighted by Crippen LogP contribution is -2.32. The molecule has 0 bridgehead atoms. The highest BCUT2D eigenvalue weighted by Crippen LogP contribution is 2.39. The number of ether oxygens (including phenoxy) is 3. The summed E-state index contributed by atoms with van der Waals surface area (Å²) in [5.41, 5.74) is 0.391. The van der Waals surface area contributed by atoms with Gasteiger partial charge < -0.3 is 19.3 Å². The summed E-state index contributed by atoms with van der Waals surface area (Å²) < 4.78 is 30.0. The summed E-state index contributed by atoms with van der Waals surface area (Å²) in [6, 6.07) is 2.57. The van der Waals surface area contributed by atoms with Crippen LogP contribution in [-0.2, 0) is 20.7 Å². The Hall–Kier alpha value is -2.34. The van der Waals surface area contributed by atoms with Crippen molar-refractivity contribution in [2.24, 2.45) is 23.7 Å². The molecule has 168 valence electrons. The van der Waals surface area contributed by atoms with Crippen molar-refractivity contribution in [1.29, 1.82) is 0 Å². The molecule has 1 aromatic carbocycles. The minimum absolute atomic E-state index is 0.00947. The number of halogens is 1. The molecule has 0 fully saturated rings. The lowest BCUT2D eigenvalue weighted by atomic mass is 9.72. The third kappa shape index (κ3) is 6.33. The maximum atomic E-state index is 14.4. The smallest absolute Gasteiger partial charge is 0.188 e. The van der Waals surface area contributed by atoms with Crippen LogP contribution < -0.4 is 4.74 Å². The van der Waals surface area contributed by atoms with Crippen molar-refractivity contribution in [3.63, 3.8) is 0 Å². The standard InChI is InChI=1S/C22H29FO5.C2H6/c1-6-13(2)16-9-17(21(11-19(16)24)28-12-26-4)14(3)7-15-8-20(25)22(27-5)10-18(15)23;1-2/h6,8,10-11,13-14,16-17,25H,1,7,9,12H2,2-5H3;1-2H3. The van der Waals surface area contributed by atoms with Crippen molar-refractivity contribution >= 4 is 5.78 Å². The Labute approximate surface area is 179 Å². The molecule has 4 unspecified atom stereocenters. The lowest BCUT2D eigenvalue weighted by molar-refractivity contribution is -0.121. The van der Waals surface area contributed by atoms with E-state index in [1.807, 2.05) is 27.7 Å². The Kier molecular flexibility index (Phi) is 10.6. The van der Waals surface area contributed by atoms with Crippen molar-refractivity contribution in [3.05, 3.63) is 48.0 Å². The molecule has 6 heteroatoms. The maximum Gasteiger partial charge on any atom is 0.188 e. The highest BCUT2D eigenvalue weighted by atomic mass is 19.1. The summed E-state index contributed by atoms with van der Waals surface area (Å²) in [6.45, 7) is 11.8. The quantitative estimate of drug-likeness (QED) is 0.433. The van der Waals surface area contributed by atoms with Gasteiger partial charge in [-0.15, -0.1) is 6.58 Å². The Morgan fingerprint density at radius 1 is 1.27 bits per heavy atom. The highest BCUT2D eigenvalue weighted by molar-refractivity contribution is 5.93. The van der Waals surface area contributed by atoms with E-state index < -0.39 is 5.82 Å². The predicted molar refractivity (Wildman–Crippen MR) is 116 cm³/mol. The van der Waals surface area contributed by atoms with Crippen molar-refractivity contribution in [2.75, 3.05) is 21.0 Å². The highest BCUT2D eigenvalue weighted by Gasteiger charge is 2.36. The van der Waals surface area contributed by atoms with Crippen LogP contribution in [-0.4, -0.2) is 31.9 Å². The number of benzene rings is 1. The van der Waals surface area contributed by atoms with E-state index in [1.165, 1.54) is 32.4 Å². The molecule has 1 N–H and O–H groups in total. The normalized spacial score (nSPS) is 20.4. The van der Waals surface area contributed by atoms with Crippen molar-refractivity contribution in [1.82, 2.24) is 0 Å². The van der Waals surface area contributed by atoms with Crippen molar-refractivity contribution in [2.45, 2.75) is 40.5 Å². The summed E-state index contributed by atoms with van der Waals surface area (Å²) in [5.74, 6) is -0.136. The molecule has 1 aliphatic rings. The Bertz CT molecular complexity index is 743. The van der Waals surface area contributed by atoms with Crippen LogP contribution in [0.3, 0.4) is 0 Å². The molecule has 0 saturated heterocycles. The van der Waals surface area contributed by atoms with Gasteiger partial charge in [0, 0.05) is 31.1 Å². The fourth-order valence-corrected chi connectivity index (χ4v) is 3.68. The first-order valence-electron chi connectivity index (χ1n) is 10.4. The van der Waals surface area contributed by atoms with Gasteiger partial charge in [0.15, 0.2) is 24.1 Å². The van der Waals surface area contributed by atoms with Gasteiger partial charge in [-0.1, -0.05) is 33.8 Å². The SMILES string of the molecule is C=CC(C)C1CC(C(C)Cc2cc(O)c(OC)cc2F)C(OCOC)=CC1=O.CC. The third-order valence-electron chi connectivity index (χ3n) is 5.45. The van der Waals surface area contributed by atoms with Gasteiger partial charge in [0.1, 0.15) is 11.6 Å². The molecule has 30 heavy (non-hydrogen) atoms. The number of phenolic OH excluding ortho intramolecular Hbond substituents is 1. The van der Waals surface area contributed by atoms with Crippen LogP contribution in [0.4, 0.5) is 4.39 Å². The number of carbonyl (C=O) groups excluding carboxylic acids is 1. The average Bonchev–Trinajstić information content (AvgIpc) is 2.75. The molecule has 0 aliphatic heterocycles. The van der Waals surface area contributed by atoms with E-state index in [1.54, 1.807) is 6.08 Å². The molecule has 0 heterocycles. The summed E-state index contributed by atoms with van der Waals surface area (Å²) >= 11 is 0. The largest absolute Gasteiger partial charge is 0.504 e. The van der Waals surface area contributed by atoms with Crippen LogP contribution in [0, 0.1) is 29.5 Å². The van der Waals surface area contributed by atoms with Gasteiger partial charge in [-0.3, -0.25) is 4.79 Å². The lowest BCUT2D eigenvalue weighted by Gasteiger charge is -2.34. The van der Waals surface area contributed by atoms with E-state index in [0.29, 0.717) is 24.2 Å². The number of hydrogen-bond acceptors (Lipinski definition) is 5. The molecule has 4 atom stereocenters. The molecule has 0 amide bonds. The van der Waals surface area contributed by atoms with Crippen LogP contribution in [0.1, 0.15) is 39.7 Å². The van der Waals surface area contributed by atoms with Crippen LogP contribution >= 0.6 is 0 Å². The number of phenols is 1. The van der Waals surface area contributed by atoms with Gasteiger partial charge >= 0.3 is 0 Å². The molecule has 1 aliphatic carbocycles. The first kappa shape index (κ1) is 25.7. The third-order valence-corrected chi connectivity index (χ3v) is 5.45. The summed E-state index contributed by atoms with van der Waals surface area (Å²) in [7, 11) is 2.89. The Balaban J connectivity index is 0.00000218. The van der Waals surface area contributed by atoms with Crippen molar-refractivity contribution < 1.29 is 28.5 Å². The zero-order valence-corrected chi connectivity index (χ0v) is 18.9. The second-order valence-corrected chi connectivity index (χ2v) is 7.34. The molecule has 0 spiro atoms. The zero-order valence-electron chi connectivity index (χ0n) is 18.9. The fraction of sp³-hybridized carbons (Fsp3) is 0.542. The number of methoxy groups -OCH3 is 2. The molecule has 2 rings (SSSR count). The molecule has 0 saturated carbocycles. The number of hydrogen-bond donors (Lipinski definition) is 1. The topological polar surface area (TPSA) is 65.0 Å². The van der Waals surface area contributed by atoms with Crippen molar-refractivity contribution in [3.8, 4) is 11.5 Å². The van der Waals surface area contributed by atoms with Crippen LogP contribution in [0.5, 0.6) is 11.5 Å². The predicted octanol–water partition coefficient (Wildman–Crippen LogP) is 5.28. The summed E-state index contributed by atoms with van der Waals surface area (Å²) in [5, 5.41) is 9.99. The van der Waals surface area contributed by atoms with E-state index in [4.69, 9.17) is 14.2 Å². The molecule has 0 aromatic heterocycles. The number of rotatable bonds is 9. The van der Waals surface area contributed by atoms with Gasteiger partial charge in [0.25, 0.3) is 0 Å². The molecular weight excluding hydrogens is 387 g/mol. The monoisotopic (exact) mass is 422 g/mol. The van der Waals surface area contributed by atoms with E-state index in [9.17, 15) is 14.3 Å². The summed E-state index contributed by atoms with van der Waals surface area (Å²) in [4.78, 5) is 12.5. The van der Waals surface area contributed by atoms with E-state index in [2.05, 4.69) is 6.58 Å². The van der Waals surface area contributed by atoms with Crippen LogP contribution in [0.2, 0.25) is 0 Å². The van der Waals surface area contributed by atoms with Gasteiger partial charge in [-0.2, -0.15) is 0 Å². The van der Waals surface area contributed by atoms with E-state index >= 15 is 0 Å².